The molecular formula is C12H7F3N2O2. The fourth-order valence-electron chi connectivity index (χ4n) is 1.43. The lowest BCUT2D eigenvalue weighted by Gasteiger charge is -2.09. The highest BCUT2D eigenvalue weighted by molar-refractivity contribution is 5.73. The van der Waals surface area contributed by atoms with Crippen LogP contribution in [-0.2, 0) is 0 Å². The molecular weight excluding hydrogens is 261 g/mol. The number of nitrogens with zero attached hydrogens (tertiary/aromatic N) is 2. The molecule has 19 heavy (non-hydrogen) atoms. The molecule has 0 N–H and O–H groups in total. The van der Waals surface area contributed by atoms with Gasteiger partial charge in [-0.1, -0.05) is 12.1 Å². The Morgan fingerprint density at radius 2 is 2.00 bits per heavy atom. The predicted molar refractivity (Wildman–Crippen MR) is 59.5 cm³/mol. The molecule has 2 rings (SSSR count). The Bertz CT molecular complexity index is 600. The minimum absolute atomic E-state index is 0.0969. The first-order valence-electron chi connectivity index (χ1n) is 5.11. The van der Waals surface area contributed by atoms with E-state index in [4.69, 9.17) is 0 Å². The first-order valence-corrected chi connectivity index (χ1v) is 5.11. The van der Waals surface area contributed by atoms with Crippen molar-refractivity contribution in [2.45, 2.75) is 6.36 Å². The van der Waals surface area contributed by atoms with Gasteiger partial charge in [0.2, 0.25) is 0 Å². The summed E-state index contributed by atoms with van der Waals surface area (Å²) in [5.41, 5.74) is 0.759. The van der Waals surface area contributed by atoms with Crippen molar-refractivity contribution in [1.82, 2.24) is 9.97 Å². The number of hydrogen-bond acceptors (Lipinski definition) is 4. The number of carbonyl (C=O) groups is 1. The van der Waals surface area contributed by atoms with Gasteiger partial charge in [0.25, 0.3) is 0 Å². The minimum atomic E-state index is -4.76. The summed E-state index contributed by atoms with van der Waals surface area (Å²) in [6, 6.07) is 5.29. The van der Waals surface area contributed by atoms with E-state index in [0.29, 0.717) is 11.8 Å². The van der Waals surface area contributed by atoms with E-state index in [9.17, 15) is 18.0 Å². The molecule has 0 aliphatic carbocycles. The number of ether oxygens (including phenoxy) is 1. The maximum atomic E-state index is 12.1. The summed E-state index contributed by atoms with van der Waals surface area (Å²) < 4.78 is 40.1. The highest BCUT2D eigenvalue weighted by Crippen LogP contribution is 2.26. The van der Waals surface area contributed by atoms with Crippen molar-refractivity contribution in [2.24, 2.45) is 0 Å². The molecule has 0 radical (unpaired) electrons. The SMILES string of the molecule is O=Cc1cncc(-c2cccc(OC(F)(F)F)c2)n1. The van der Waals surface area contributed by atoms with Gasteiger partial charge in [0.15, 0.2) is 6.29 Å². The van der Waals surface area contributed by atoms with E-state index in [1.165, 1.54) is 30.6 Å². The van der Waals surface area contributed by atoms with Crippen LogP contribution in [0, 0.1) is 0 Å². The maximum absolute atomic E-state index is 12.1. The number of rotatable bonds is 3. The van der Waals surface area contributed by atoms with E-state index >= 15 is 0 Å². The second kappa shape index (κ2) is 5.05. The first kappa shape index (κ1) is 13.0. The second-order valence-electron chi connectivity index (χ2n) is 3.52. The molecule has 0 aliphatic heterocycles. The molecule has 4 nitrogen and oxygen atoms in total. The molecule has 98 valence electrons. The molecule has 7 heteroatoms. The lowest BCUT2D eigenvalue weighted by Crippen LogP contribution is -2.17. The van der Waals surface area contributed by atoms with E-state index in [0.717, 1.165) is 0 Å². The van der Waals surface area contributed by atoms with Crippen molar-refractivity contribution in [1.29, 1.82) is 0 Å². The molecule has 0 aliphatic rings. The zero-order valence-electron chi connectivity index (χ0n) is 9.39. The van der Waals surface area contributed by atoms with Crippen molar-refractivity contribution in [2.75, 3.05) is 0 Å². The molecule has 2 aromatic rings. The molecule has 1 aromatic carbocycles. The lowest BCUT2D eigenvalue weighted by molar-refractivity contribution is -0.274. The van der Waals surface area contributed by atoms with Gasteiger partial charge in [-0.2, -0.15) is 0 Å². The minimum Gasteiger partial charge on any atom is -0.406 e. The molecule has 0 amide bonds. The smallest absolute Gasteiger partial charge is 0.406 e. The zero-order chi connectivity index (χ0) is 13.9. The summed E-state index contributed by atoms with van der Waals surface area (Å²) >= 11 is 0. The van der Waals surface area contributed by atoms with Gasteiger partial charge in [0.05, 0.1) is 18.1 Å². The third-order valence-corrected chi connectivity index (χ3v) is 2.14. The molecule has 1 heterocycles. The molecule has 0 saturated heterocycles. The molecule has 0 atom stereocenters. The second-order valence-corrected chi connectivity index (χ2v) is 3.52. The van der Waals surface area contributed by atoms with Gasteiger partial charge in [0.1, 0.15) is 11.4 Å². The molecule has 0 bridgehead atoms. The summed E-state index contributed by atoms with van der Waals surface area (Å²) in [4.78, 5) is 18.3. The van der Waals surface area contributed by atoms with Gasteiger partial charge < -0.3 is 4.74 Å². The van der Waals surface area contributed by atoms with Crippen molar-refractivity contribution < 1.29 is 22.7 Å². The monoisotopic (exact) mass is 268 g/mol. The van der Waals surface area contributed by atoms with Crippen LogP contribution in [0.4, 0.5) is 13.2 Å². The molecule has 0 fully saturated rings. The maximum Gasteiger partial charge on any atom is 0.573 e. The topological polar surface area (TPSA) is 52.1 Å². The lowest BCUT2D eigenvalue weighted by atomic mass is 10.1. The fourth-order valence-corrected chi connectivity index (χ4v) is 1.43. The van der Waals surface area contributed by atoms with Gasteiger partial charge in [-0.3, -0.25) is 9.78 Å². The summed E-state index contributed by atoms with van der Waals surface area (Å²) in [6.45, 7) is 0. The zero-order valence-corrected chi connectivity index (χ0v) is 9.39. The molecule has 0 saturated carbocycles. The van der Waals surface area contributed by atoms with E-state index in [1.807, 2.05) is 0 Å². The molecule has 0 unspecified atom stereocenters. The predicted octanol–water partition coefficient (Wildman–Crippen LogP) is 2.85. The third kappa shape index (κ3) is 3.51. The summed E-state index contributed by atoms with van der Waals surface area (Å²) in [7, 11) is 0. The van der Waals surface area contributed by atoms with Crippen LogP contribution in [-0.4, -0.2) is 22.6 Å². The van der Waals surface area contributed by atoms with Crippen LogP contribution in [0.1, 0.15) is 10.5 Å². The number of benzene rings is 1. The molecule has 0 spiro atoms. The molecule has 1 aromatic heterocycles. The summed E-state index contributed by atoms with van der Waals surface area (Å²) in [6.07, 6.45) is -1.65. The number of carbonyl (C=O) groups excluding carboxylic acids is 1. The summed E-state index contributed by atoms with van der Waals surface area (Å²) in [5.74, 6) is -0.358. The normalized spacial score (nSPS) is 11.1. The van der Waals surface area contributed by atoms with Crippen LogP contribution in [0.15, 0.2) is 36.7 Å². The number of alkyl halides is 3. The van der Waals surface area contributed by atoms with Gasteiger partial charge >= 0.3 is 6.36 Å². The van der Waals surface area contributed by atoms with Gasteiger partial charge in [-0.15, -0.1) is 13.2 Å². The van der Waals surface area contributed by atoms with Crippen molar-refractivity contribution in [3.63, 3.8) is 0 Å². The fraction of sp³-hybridized carbons (Fsp3) is 0.0833. The Morgan fingerprint density at radius 1 is 1.21 bits per heavy atom. The van der Waals surface area contributed by atoms with Crippen molar-refractivity contribution in [3.8, 4) is 17.0 Å². The van der Waals surface area contributed by atoms with Gasteiger partial charge in [0, 0.05) is 5.56 Å². The van der Waals surface area contributed by atoms with E-state index in [1.54, 1.807) is 6.07 Å². The standard InChI is InChI=1S/C12H7F3N2O2/c13-12(14,15)19-10-3-1-2-8(4-10)11-6-16-5-9(7-18)17-11/h1-7H. The van der Waals surface area contributed by atoms with E-state index in [-0.39, 0.29) is 17.1 Å². The van der Waals surface area contributed by atoms with E-state index < -0.39 is 6.36 Å². The number of aromatic nitrogens is 2. The Hall–Kier alpha value is -2.44. The van der Waals surface area contributed by atoms with Crippen LogP contribution in [0.5, 0.6) is 5.75 Å². The Labute approximate surface area is 105 Å². The highest BCUT2D eigenvalue weighted by Gasteiger charge is 2.31. The Balaban J connectivity index is 2.34. The van der Waals surface area contributed by atoms with Crippen molar-refractivity contribution in [3.05, 3.63) is 42.4 Å². The first-order chi connectivity index (χ1) is 8.98. The van der Waals surface area contributed by atoms with Crippen LogP contribution < -0.4 is 4.74 Å². The van der Waals surface area contributed by atoms with E-state index in [2.05, 4.69) is 14.7 Å². The average Bonchev–Trinajstić information content (AvgIpc) is 2.37. The van der Waals surface area contributed by atoms with Gasteiger partial charge in [-0.05, 0) is 12.1 Å². The van der Waals surface area contributed by atoms with Crippen LogP contribution in [0.2, 0.25) is 0 Å². The average molecular weight is 268 g/mol. The largest absolute Gasteiger partial charge is 0.573 e. The number of aldehydes is 1. The number of halogens is 3. The van der Waals surface area contributed by atoms with Gasteiger partial charge in [-0.25, -0.2) is 4.98 Å². The van der Waals surface area contributed by atoms with Crippen LogP contribution in [0.25, 0.3) is 11.3 Å². The quantitative estimate of drug-likeness (QED) is 0.803. The van der Waals surface area contributed by atoms with Crippen LogP contribution >= 0.6 is 0 Å². The third-order valence-electron chi connectivity index (χ3n) is 2.14. The highest BCUT2D eigenvalue weighted by atomic mass is 19.4. The van der Waals surface area contributed by atoms with Crippen molar-refractivity contribution >= 4 is 6.29 Å². The number of hydrogen-bond donors (Lipinski definition) is 0. The van der Waals surface area contributed by atoms with Crippen LogP contribution in [0.3, 0.4) is 0 Å². The Morgan fingerprint density at radius 3 is 2.68 bits per heavy atom. The summed E-state index contributed by atoms with van der Waals surface area (Å²) in [5, 5.41) is 0. The Kier molecular flexibility index (Phi) is 3.46.